The number of aliphatic hydroxyl groups excluding tert-OH is 1. The van der Waals surface area contributed by atoms with Crippen LogP contribution in [0.25, 0.3) is 10.9 Å². The maximum Gasteiger partial charge on any atom is 0.417 e. The van der Waals surface area contributed by atoms with E-state index in [0.29, 0.717) is 50.7 Å². The molecule has 0 radical (unpaired) electrons. The maximum atomic E-state index is 12.9. The number of benzene rings is 1. The van der Waals surface area contributed by atoms with Gasteiger partial charge >= 0.3 is 6.09 Å². The quantitative estimate of drug-likeness (QED) is 0.598. The van der Waals surface area contributed by atoms with Gasteiger partial charge in [-0.2, -0.15) is 0 Å². The van der Waals surface area contributed by atoms with Crippen LogP contribution in [-0.4, -0.2) is 64.9 Å². The van der Waals surface area contributed by atoms with Gasteiger partial charge < -0.3 is 29.0 Å². The minimum atomic E-state index is -0.684. The van der Waals surface area contributed by atoms with Crippen LogP contribution in [0.2, 0.25) is 0 Å². The van der Waals surface area contributed by atoms with Crippen molar-refractivity contribution in [3.63, 3.8) is 0 Å². The SMILES string of the molecule is COc1ccc2nccc([C@@H](O)CN3CCC4(CC3)CN(C3=COC=C(C5=CC=CCC5)O3)C(=O)O4)c2c1. The number of hydrogen-bond donors (Lipinski definition) is 1. The summed E-state index contributed by atoms with van der Waals surface area (Å²) in [5.74, 6) is 1.69. The smallest absolute Gasteiger partial charge is 0.417 e. The van der Waals surface area contributed by atoms with Gasteiger partial charge in [-0.25, -0.2) is 9.69 Å². The fourth-order valence-electron chi connectivity index (χ4n) is 5.49. The summed E-state index contributed by atoms with van der Waals surface area (Å²) in [5.41, 5.74) is 2.08. The molecule has 1 aromatic carbocycles. The molecule has 1 aliphatic carbocycles. The first-order chi connectivity index (χ1) is 18.5. The van der Waals surface area contributed by atoms with Gasteiger partial charge in [0.05, 0.1) is 25.3 Å². The molecule has 4 heterocycles. The summed E-state index contributed by atoms with van der Waals surface area (Å²) in [6.07, 6.45) is 12.9. The molecule has 2 saturated heterocycles. The first-order valence-electron chi connectivity index (χ1n) is 13.0. The molecule has 1 amide bonds. The number of hydrogen-bond acceptors (Lipinski definition) is 8. The minimum absolute atomic E-state index is 0.345. The van der Waals surface area contributed by atoms with E-state index in [2.05, 4.69) is 16.0 Å². The fraction of sp³-hybridized carbons (Fsp3) is 0.379. The standard InChI is InChI=1S/C29H31N3O6/c1-35-21-7-8-24-23(15-21)22(9-12-30-24)25(33)16-31-13-10-29(11-14-31)19-32(28(34)38-29)27-18-36-17-26(37-27)20-5-3-2-4-6-20/h2-3,5,7-9,12,15,17-18,25,33H,4,6,10-11,13-14,16,19H2,1H3/t25-/m0/s1. The van der Waals surface area contributed by atoms with Gasteiger partial charge in [0.2, 0.25) is 5.88 Å². The third-order valence-corrected chi connectivity index (χ3v) is 7.67. The third kappa shape index (κ3) is 4.75. The molecule has 198 valence electrons. The number of amides is 1. The second-order valence-corrected chi connectivity index (χ2v) is 10.1. The Kier molecular flexibility index (Phi) is 6.55. The summed E-state index contributed by atoms with van der Waals surface area (Å²) in [7, 11) is 1.62. The molecule has 1 spiro atoms. The van der Waals surface area contributed by atoms with Gasteiger partial charge in [-0.1, -0.05) is 18.2 Å². The number of fused-ring (bicyclic) bond motifs is 1. The number of pyridine rings is 1. The number of β-amino-alcohol motifs (C(OH)–C–C–N with tert-alkyl or cyclic N) is 1. The Bertz CT molecular complexity index is 1360. The number of likely N-dealkylation sites (tertiary alicyclic amines) is 1. The summed E-state index contributed by atoms with van der Waals surface area (Å²) < 4.78 is 22.8. The van der Waals surface area contributed by atoms with Crippen molar-refractivity contribution in [3.05, 3.63) is 84.0 Å². The Morgan fingerprint density at radius 3 is 2.87 bits per heavy atom. The summed E-state index contributed by atoms with van der Waals surface area (Å²) in [6.45, 7) is 2.28. The van der Waals surface area contributed by atoms with Crippen LogP contribution in [0.4, 0.5) is 4.79 Å². The number of carbonyl (C=O) groups is 1. The Labute approximate surface area is 221 Å². The van der Waals surface area contributed by atoms with Gasteiger partial charge in [0.1, 0.15) is 17.6 Å². The molecule has 0 saturated carbocycles. The molecule has 2 aromatic rings. The fourth-order valence-corrected chi connectivity index (χ4v) is 5.49. The molecule has 1 atom stereocenters. The predicted octanol–water partition coefficient (Wildman–Crippen LogP) is 4.53. The lowest BCUT2D eigenvalue weighted by molar-refractivity contribution is -0.0101. The lowest BCUT2D eigenvalue weighted by Gasteiger charge is -2.38. The molecule has 4 aliphatic rings. The van der Waals surface area contributed by atoms with Crippen LogP contribution in [0.5, 0.6) is 5.75 Å². The average Bonchev–Trinajstić information content (AvgIpc) is 3.29. The van der Waals surface area contributed by atoms with Gasteiger partial charge in [-0.3, -0.25) is 4.98 Å². The summed E-state index contributed by atoms with van der Waals surface area (Å²) in [6, 6.07) is 7.53. The number of methoxy groups -OCH3 is 1. The van der Waals surface area contributed by atoms with Crippen molar-refractivity contribution in [2.24, 2.45) is 0 Å². The van der Waals surface area contributed by atoms with E-state index in [1.54, 1.807) is 19.6 Å². The van der Waals surface area contributed by atoms with Crippen LogP contribution in [0.15, 0.2) is 78.4 Å². The number of nitrogens with zero attached hydrogens (tertiary/aromatic N) is 3. The largest absolute Gasteiger partial charge is 0.497 e. The van der Waals surface area contributed by atoms with Crippen molar-refractivity contribution < 1.29 is 28.8 Å². The van der Waals surface area contributed by atoms with E-state index in [9.17, 15) is 9.90 Å². The molecular weight excluding hydrogens is 486 g/mol. The van der Waals surface area contributed by atoms with Gasteiger partial charge in [-0.05, 0) is 48.2 Å². The van der Waals surface area contributed by atoms with E-state index in [1.165, 1.54) is 11.2 Å². The molecule has 2 fully saturated rings. The van der Waals surface area contributed by atoms with Crippen LogP contribution >= 0.6 is 0 Å². The third-order valence-electron chi connectivity index (χ3n) is 7.67. The van der Waals surface area contributed by atoms with Crippen LogP contribution in [0.3, 0.4) is 0 Å². The van der Waals surface area contributed by atoms with Crippen LogP contribution < -0.4 is 4.74 Å². The number of allylic oxidation sites excluding steroid dienone is 4. The van der Waals surface area contributed by atoms with E-state index >= 15 is 0 Å². The van der Waals surface area contributed by atoms with Crippen molar-refractivity contribution in [1.82, 2.24) is 14.8 Å². The second-order valence-electron chi connectivity index (χ2n) is 10.1. The zero-order valence-electron chi connectivity index (χ0n) is 21.3. The molecule has 1 aromatic heterocycles. The average molecular weight is 518 g/mol. The zero-order valence-corrected chi connectivity index (χ0v) is 21.3. The lowest BCUT2D eigenvalue weighted by Crippen LogP contribution is -2.47. The van der Waals surface area contributed by atoms with Crippen LogP contribution in [-0.2, 0) is 14.2 Å². The highest BCUT2D eigenvalue weighted by atomic mass is 16.6. The van der Waals surface area contributed by atoms with E-state index in [4.69, 9.17) is 18.9 Å². The van der Waals surface area contributed by atoms with Crippen LogP contribution in [0, 0.1) is 0 Å². The van der Waals surface area contributed by atoms with E-state index < -0.39 is 17.8 Å². The minimum Gasteiger partial charge on any atom is -0.497 e. The van der Waals surface area contributed by atoms with Crippen molar-refractivity contribution >= 4 is 17.0 Å². The molecule has 9 heteroatoms. The van der Waals surface area contributed by atoms with Gasteiger partial charge in [0.15, 0.2) is 12.0 Å². The Balaban J connectivity index is 1.08. The van der Waals surface area contributed by atoms with E-state index in [-0.39, 0.29) is 0 Å². The topological polar surface area (TPSA) is 93.6 Å². The number of rotatable bonds is 6. The Morgan fingerprint density at radius 2 is 2.08 bits per heavy atom. The summed E-state index contributed by atoms with van der Waals surface area (Å²) in [4.78, 5) is 21.0. The van der Waals surface area contributed by atoms with Gasteiger partial charge in [-0.15, -0.1) is 0 Å². The van der Waals surface area contributed by atoms with Crippen molar-refractivity contribution in [2.75, 3.05) is 33.3 Å². The molecule has 6 rings (SSSR count). The van der Waals surface area contributed by atoms with E-state index in [1.807, 2.05) is 36.4 Å². The number of ether oxygens (including phenoxy) is 4. The molecule has 1 N–H and O–H groups in total. The monoisotopic (exact) mass is 517 g/mol. The summed E-state index contributed by atoms with van der Waals surface area (Å²) >= 11 is 0. The Hall–Kier alpha value is -3.82. The first kappa shape index (κ1) is 24.5. The maximum absolute atomic E-state index is 12.9. The molecule has 38 heavy (non-hydrogen) atoms. The molecule has 3 aliphatic heterocycles. The highest BCUT2D eigenvalue weighted by Crippen LogP contribution is 2.38. The van der Waals surface area contributed by atoms with Crippen molar-refractivity contribution in [1.29, 1.82) is 0 Å². The lowest BCUT2D eigenvalue weighted by atomic mass is 9.91. The van der Waals surface area contributed by atoms with Crippen LogP contribution in [0.1, 0.15) is 37.4 Å². The second kappa shape index (κ2) is 10.2. The molecular formula is C29H31N3O6. The molecule has 9 nitrogen and oxygen atoms in total. The summed E-state index contributed by atoms with van der Waals surface area (Å²) in [5, 5.41) is 12.0. The first-order valence-corrected chi connectivity index (χ1v) is 13.0. The number of aliphatic hydroxyl groups is 1. The highest BCUT2D eigenvalue weighted by Gasteiger charge is 2.49. The molecule has 0 unspecified atom stereocenters. The van der Waals surface area contributed by atoms with Gasteiger partial charge in [0.25, 0.3) is 0 Å². The van der Waals surface area contributed by atoms with E-state index in [0.717, 1.165) is 40.6 Å². The number of piperidine rings is 1. The highest BCUT2D eigenvalue weighted by molar-refractivity contribution is 5.83. The Morgan fingerprint density at radius 1 is 1.21 bits per heavy atom. The van der Waals surface area contributed by atoms with Crippen molar-refractivity contribution in [2.45, 2.75) is 37.4 Å². The van der Waals surface area contributed by atoms with Crippen molar-refractivity contribution in [3.8, 4) is 5.75 Å². The predicted molar refractivity (Wildman–Crippen MR) is 140 cm³/mol. The number of aromatic nitrogens is 1. The normalized spacial score (nSPS) is 21.8. The zero-order chi connectivity index (χ0) is 26.1. The molecule has 0 bridgehead atoms. The number of carbonyl (C=O) groups excluding carboxylic acids is 1. The van der Waals surface area contributed by atoms with Gasteiger partial charge in [0, 0.05) is 44.1 Å².